The molecule has 3 heterocycles. The van der Waals surface area contributed by atoms with Gasteiger partial charge in [-0.3, -0.25) is 9.69 Å². The second kappa shape index (κ2) is 9.69. The minimum Gasteiger partial charge on any atom is -0.343 e. The zero-order valence-electron chi connectivity index (χ0n) is 17.4. The van der Waals surface area contributed by atoms with Crippen LogP contribution in [-0.2, 0) is 17.9 Å². The number of hydrogen-bond acceptors (Lipinski definition) is 4. The van der Waals surface area contributed by atoms with Gasteiger partial charge >= 0.3 is 0 Å². The second-order valence-corrected chi connectivity index (χ2v) is 8.45. The minimum atomic E-state index is 0.336. The fourth-order valence-corrected chi connectivity index (χ4v) is 4.60. The van der Waals surface area contributed by atoms with Gasteiger partial charge in [-0.05, 0) is 71.6 Å². The highest BCUT2D eigenvalue weighted by Gasteiger charge is 2.26. The molecule has 0 unspecified atom stereocenters. The van der Waals surface area contributed by atoms with E-state index in [1.165, 1.54) is 12.8 Å². The van der Waals surface area contributed by atoms with Crippen LogP contribution >= 0.6 is 0 Å². The van der Waals surface area contributed by atoms with Crippen LogP contribution in [0.3, 0.4) is 0 Å². The number of aromatic nitrogens is 2. The number of likely N-dealkylation sites (tertiary alicyclic amines) is 2. The van der Waals surface area contributed by atoms with Crippen LogP contribution in [0, 0.1) is 5.92 Å². The molecule has 0 aliphatic carbocycles. The zero-order chi connectivity index (χ0) is 19.2. The third-order valence-electron chi connectivity index (χ3n) is 6.51. The van der Waals surface area contributed by atoms with E-state index in [1.807, 2.05) is 18.1 Å². The molecule has 2 aliphatic rings. The number of carbonyl (C=O) groups is 1. The molecule has 1 amide bonds. The lowest BCUT2D eigenvalue weighted by Crippen LogP contribution is -2.44. The third-order valence-corrected chi connectivity index (χ3v) is 6.51. The Morgan fingerprint density at radius 3 is 2.78 bits per heavy atom. The lowest BCUT2D eigenvalue weighted by Gasteiger charge is -2.36. The quantitative estimate of drug-likeness (QED) is 0.734. The normalized spacial score (nSPS) is 22.9. The Morgan fingerprint density at radius 1 is 1.26 bits per heavy atom. The Hall–Kier alpha value is -1.40. The Balaban J connectivity index is 1.43. The lowest BCUT2D eigenvalue weighted by atomic mass is 9.93. The third kappa shape index (κ3) is 5.55. The molecule has 6 heteroatoms. The van der Waals surface area contributed by atoms with E-state index in [1.54, 1.807) is 0 Å². The van der Waals surface area contributed by atoms with E-state index < -0.39 is 0 Å². The van der Waals surface area contributed by atoms with E-state index in [0.717, 1.165) is 64.4 Å². The van der Waals surface area contributed by atoms with Crippen molar-refractivity contribution in [3.8, 4) is 0 Å². The summed E-state index contributed by atoms with van der Waals surface area (Å²) >= 11 is 0. The highest BCUT2D eigenvalue weighted by molar-refractivity contribution is 5.76. The number of nitrogens with zero attached hydrogens (tertiary/aromatic N) is 5. The maximum atomic E-state index is 12.7. The van der Waals surface area contributed by atoms with Crippen LogP contribution in [0.1, 0.15) is 51.3 Å². The lowest BCUT2D eigenvalue weighted by molar-refractivity contribution is -0.133. The molecule has 0 N–H and O–H groups in total. The van der Waals surface area contributed by atoms with Crippen molar-refractivity contribution in [1.29, 1.82) is 0 Å². The molecule has 2 aliphatic heterocycles. The van der Waals surface area contributed by atoms with Crippen LogP contribution in [0.4, 0.5) is 0 Å². The molecule has 0 spiro atoms. The van der Waals surface area contributed by atoms with Crippen LogP contribution < -0.4 is 0 Å². The highest BCUT2D eigenvalue weighted by atomic mass is 16.2. The topological polar surface area (TPSA) is 44.6 Å². The minimum absolute atomic E-state index is 0.336. The van der Waals surface area contributed by atoms with Gasteiger partial charge in [0.15, 0.2) is 0 Å². The van der Waals surface area contributed by atoms with E-state index in [2.05, 4.69) is 39.5 Å². The van der Waals surface area contributed by atoms with Crippen molar-refractivity contribution in [3.63, 3.8) is 0 Å². The van der Waals surface area contributed by atoms with Gasteiger partial charge in [-0.25, -0.2) is 4.98 Å². The van der Waals surface area contributed by atoms with Gasteiger partial charge in [0.05, 0.1) is 6.54 Å². The number of rotatable bonds is 7. The predicted molar refractivity (Wildman–Crippen MR) is 108 cm³/mol. The Labute approximate surface area is 164 Å². The molecule has 2 saturated heterocycles. The van der Waals surface area contributed by atoms with Gasteiger partial charge in [0.1, 0.15) is 5.82 Å². The van der Waals surface area contributed by atoms with Crippen molar-refractivity contribution in [3.05, 3.63) is 18.2 Å². The number of amides is 1. The second-order valence-electron chi connectivity index (χ2n) is 8.45. The highest BCUT2D eigenvalue weighted by Crippen LogP contribution is 2.23. The summed E-state index contributed by atoms with van der Waals surface area (Å²) in [5, 5.41) is 0. The number of imidazole rings is 1. The Morgan fingerprint density at radius 2 is 2.04 bits per heavy atom. The Bertz CT molecular complexity index is 593. The summed E-state index contributed by atoms with van der Waals surface area (Å²) in [6.07, 6.45) is 10.4. The molecule has 1 atom stereocenters. The largest absolute Gasteiger partial charge is 0.343 e. The molecule has 27 heavy (non-hydrogen) atoms. The van der Waals surface area contributed by atoms with Crippen molar-refractivity contribution in [2.45, 2.75) is 64.6 Å². The van der Waals surface area contributed by atoms with Crippen LogP contribution in [0.2, 0.25) is 0 Å². The summed E-state index contributed by atoms with van der Waals surface area (Å²) in [6, 6.07) is 0.435. The van der Waals surface area contributed by atoms with Crippen LogP contribution in [0.5, 0.6) is 0 Å². The predicted octanol–water partition coefficient (Wildman–Crippen LogP) is 2.45. The van der Waals surface area contributed by atoms with E-state index in [0.29, 0.717) is 24.3 Å². The molecule has 0 bridgehead atoms. The molecular weight excluding hydrogens is 338 g/mol. The zero-order valence-corrected chi connectivity index (χ0v) is 17.4. The van der Waals surface area contributed by atoms with Crippen molar-refractivity contribution in [1.82, 2.24) is 24.3 Å². The number of piperidine rings is 2. The van der Waals surface area contributed by atoms with Gasteiger partial charge in [0, 0.05) is 45.0 Å². The monoisotopic (exact) mass is 375 g/mol. The standard InChI is InChI=1S/C21H37N5O/c1-4-26-15-11-22-20(26)17-25-12-5-6-18(16-25)7-8-21(27)24(3)19-9-13-23(2)14-10-19/h11,15,18-19H,4-10,12-14,16-17H2,1-3H3/t18-/m1/s1. The average Bonchev–Trinajstić information content (AvgIpc) is 3.13. The summed E-state index contributed by atoms with van der Waals surface area (Å²) in [5.41, 5.74) is 0. The first-order chi connectivity index (χ1) is 13.1. The summed E-state index contributed by atoms with van der Waals surface area (Å²) in [4.78, 5) is 24.1. The molecule has 1 aromatic rings. The summed E-state index contributed by atoms with van der Waals surface area (Å²) in [5.74, 6) is 2.14. The van der Waals surface area contributed by atoms with E-state index in [9.17, 15) is 4.79 Å². The van der Waals surface area contributed by atoms with Crippen molar-refractivity contribution in [2.75, 3.05) is 40.3 Å². The molecule has 3 rings (SSSR count). The van der Waals surface area contributed by atoms with Crippen molar-refractivity contribution in [2.24, 2.45) is 5.92 Å². The number of aryl methyl sites for hydroxylation is 1. The summed E-state index contributed by atoms with van der Waals surface area (Å²) in [7, 11) is 4.18. The van der Waals surface area contributed by atoms with Crippen molar-refractivity contribution >= 4 is 5.91 Å². The fraction of sp³-hybridized carbons (Fsp3) is 0.810. The molecule has 1 aromatic heterocycles. The number of hydrogen-bond donors (Lipinski definition) is 0. The van der Waals surface area contributed by atoms with Gasteiger partial charge in [0.2, 0.25) is 5.91 Å². The molecular formula is C21H37N5O. The Kier molecular flexibility index (Phi) is 7.30. The summed E-state index contributed by atoms with van der Waals surface area (Å²) < 4.78 is 2.23. The average molecular weight is 376 g/mol. The van der Waals surface area contributed by atoms with E-state index in [-0.39, 0.29) is 0 Å². The number of carbonyl (C=O) groups excluding carboxylic acids is 1. The molecule has 2 fully saturated rings. The van der Waals surface area contributed by atoms with Gasteiger partial charge in [-0.15, -0.1) is 0 Å². The van der Waals surface area contributed by atoms with Gasteiger partial charge < -0.3 is 14.4 Å². The fourth-order valence-electron chi connectivity index (χ4n) is 4.60. The maximum absolute atomic E-state index is 12.7. The molecule has 0 radical (unpaired) electrons. The van der Waals surface area contributed by atoms with Gasteiger partial charge in [-0.1, -0.05) is 0 Å². The summed E-state index contributed by atoms with van der Waals surface area (Å²) in [6.45, 7) is 8.53. The maximum Gasteiger partial charge on any atom is 0.222 e. The van der Waals surface area contributed by atoms with Gasteiger partial charge in [0.25, 0.3) is 0 Å². The SMILES string of the molecule is CCn1ccnc1CN1CCC[C@H](CCC(=O)N(C)C2CCN(C)CC2)C1. The molecule has 6 nitrogen and oxygen atoms in total. The van der Waals surface area contributed by atoms with E-state index >= 15 is 0 Å². The van der Waals surface area contributed by atoms with Crippen LogP contribution in [0.15, 0.2) is 12.4 Å². The molecule has 0 saturated carbocycles. The van der Waals surface area contributed by atoms with Crippen LogP contribution in [0.25, 0.3) is 0 Å². The first-order valence-corrected chi connectivity index (χ1v) is 10.7. The smallest absolute Gasteiger partial charge is 0.222 e. The first-order valence-electron chi connectivity index (χ1n) is 10.7. The van der Waals surface area contributed by atoms with Crippen molar-refractivity contribution < 1.29 is 4.79 Å². The van der Waals surface area contributed by atoms with Gasteiger partial charge in [-0.2, -0.15) is 0 Å². The molecule has 0 aromatic carbocycles. The van der Waals surface area contributed by atoms with E-state index in [4.69, 9.17) is 0 Å². The van der Waals surface area contributed by atoms with Crippen LogP contribution in [-0.4, -0.2) is 76.5 Å². The molecule has 152 valence electrons. The first kappa shape index (κ1) is 20.3.